The largest absolute Gasteiger partial charge is 0.481 e. The van der Waals surface area contributed by atoms with Gasteiger partial charge in [0.1, 0.15) is 6.17 Å². The number of piperidine rings is 1. The zero-order valence-electron chi connectivity index (χ0n) is 16.9. The molecule has 158 valence electrons. The Hall–Kier alpha value is -1.21. The van der Waals surface area contributed by atoms with E-state index >= 15 is 0 Å². The molecule has 2 aliphatic carbocycles. The van der Waals surface area contributed by atoms with Gasteiger partial charge in [-0.1, -0.05) is 13.8 Å². The van der Waals surface area contributed by atoms with Gasteiger partial charge in [0.15, 0.2) is 0 Å². The number of halogens is 1. The fourth-order valence-electron chi connectivity index (χ4n) is 5.85. The van der Waals surface area contributed by atoms with Crippen LogP contribution in [0.2, 0.25) is 0 Å². The van der Waals surface area contributed by atoms with Crippen molar-refractivity contribution in [2.24, 2.45) is 29.6 Å². The van der Waals surface area contributed by atoms with Gasteiger partial charge in [0.25, 0.3) is 0 Å². The summed E-state index contributed by atoms with van der Waals surface area (Å²) in [6.07, 6.45) is 4.10. The van der Waals surface area contributed by atoms with E-state index in [2.05, 4.69) is 29.8 Å². The maximum atomic E-state index is 14.4. The van der Waals surface area contributed by atoms with E-state index in [0.29, 0.717) is 37.6 Å². The van der Waals surface area contributed by atoms with Crippen LogP contribution in [-0.2, 0) is 9.59 Å². The molecule has 4 fully saturated rings. The van der Waals surface area contributed by atoms with Crippen molar-refractivity contribution >= 4 is 11.9 Å². The predicted molar refractivity (Wildman–Crippen MR) is 103 cm³/mol. The van der Waals surface area contributed by atoms with Crippen molar-refractivity contribution in [3.8, 4) is 0 Å². The molecule has 9 unspecified atom stereocenters. The number of carbonyl (C=O) groups excluding carboxylic acids is 1. The fourth-order valence-corrected chi connectivity index (χ4v) is 5.85. The molecule has 4 N–H and O–H groups in total. The number of carbonyl (C=O) groups is 2. The van der Waals surface area contributed by atoms with Gasteiger partial charge in [-0.05, 0) is 56.3 Å². The van der Waals surface area contributed by atoms with E-state index in [1.165, 1.54) is 0 Å². The number of aliphatic carboxylic acids is 1. The molecule has 2 saturated carbocycles. The molecule has 1 amide bonds. The minimum Gasteiger partial charge on any atom is -0.481 e. The van der Waals surface area contributed by atoms with Gasteiger partial charge >= 0.3 is 5.97 Å². The van der Waals surface area contributed by atoms with Crippen LogP contribution in [0.4, 0.5) is 4.39 Å². The van der Waals surface area contributed by atoms with Crippen LogP contribution in [0.25, 0.3) is 0 Å². The molecule has 2 heterocycles. The zero-order valence-corrected chi connectivity index (χ0v) is 16.9. The second-order valence-corrected chi connectivity index (χ2v) is 9.77. The Labute approximate surface area is 166 Å². The lowest BCUT2D eigenvalue weighted by Crippen LogP contribution is -2.60. The lowest BCUT2D eigenvalue weighted by atomic mass is 9.77. The van der Waals surface area contributed by atoms with Gasteiger partial charge in [0.05, 0.1) is 12.0 Å². The molecule has 0 aromatic heterocycles. The van der Waals surface area contributed by atoms with E-state index in [0.717, 1.165) is 19.3 Å². The molecule has 4 rings (SSSR count). The number of hydrogen-bond donors (Lipinski definition) is 4. The molecule has 6 nitrogen and oxygen atoms in total. The minimum atomic E-state index is -0.807. The Kier molecular flexibility index (Phi) is 5.67. The van der Waals surface area contributed by atoms with E-state index in [-0.39, 0.29) is 47.8 Å². The van der Waals surface area contributed by atoms with Gasteiger partial charge in [-0.15, -0.1) is 0 Å². The van der Waals surface area contributed by atoms with Crippen LogP contribution >= 0.6 is 0 Å². The number of nitrogens with one attached hydrogen (secondary N) is 3. The topological polar surface area (TPSA) is 90.5 Å². The second kappa shape index (κ2) is 7.90. The Balaban J connectivity index is 1.39. The first kappa shape index (κ1) is 20.1. The average Bonchev–Trinajstić information content (AvgIpc) is 3.39. The molecule has 0 radical (unpaired) electrons. The Morgan fingerprint density at radius 2 is 1.86 bits per heavy atom. The first-order valence-corrected chi connectivity index (χ1v) is 11.0. The number of amides is 1. The fraction of sp³-hybridized carbons (Fsp3) is 0.905. The highest BCUT2D eigenvalue weighted by Crippen LogP contribution is 2.40. The highest BCUT2D eigenvalue weighted by atomic mass is 19.1. The molecule has 9 atom stereocenters. The van der Waals surface area contributed by atoms with Crippen molar-refractivity contribution < 1.29 is 19.1 Å². The van der Waals surface area contributed by atoms with Gasteiger partial charge in [-0.2, -0.15) is 0 Å². The van der Waals surface area contributed by atoms with Crippen molar-refractivity contribution in [2.75, 3.05) is 6.54 Å². The number of carboxylic acid groups (broad SMARTS) is 1. The van der Waals surface area contributed by atoms with Crippen LogP contribution in [0.5, 0.6) is 0 Å². The number of carboxylic acids is 1. The molecule has 28 heavy (non-hydrogen) atoms. The molecular weight excluding hydrogens is 361 g/mol. The van der Waals surface area contributed by atoms with Crippen LogP contribution < -0.4 is 16.0 Å². The summed E-state index contributed by atoms with van der Waals surface area (Å²) >= 11 is 0. The summed E-state index contributed by atoms with van der Waals surface area (Å²) in [5.41, 5.74) is 0. The normalized spacial score (nSPS) is 44.5. The van der Waals surface area contributed by atoms with Crippen molar-refractivity contribution in [1.29, 1.82) is 0 Å². The Morgan fingerprint density at radius 1 is 1.11 bits per heavy atom. The maximum Gasteiger partial charge on any atom is 0.307 e. The summed E-state index contributed by atoms with van der Waals surface area (Å²) in [7, 11) is 0. The summed E-state index contributed by atoms with van der Waals surface area (Å²) in [6, 6.07) is -0.0912. The second-order valence-electron chi connectivity index (χ2n) is 9.77. The first-order chi connectivity index (χ1) is 13.3. The average molecular weight is 396 g/mol. The van der Waals surface area contributed by atoms with Crippen molar-refractivity contribution in [3.63, 3.8) is 0 Å². The van der Waals surface area contributed by atoms with Crippen molar-refractivity contribution in [1.82, 2.24) is 16.0 Å². The molecule has 0 aromatic carbocycles. The molecule has 4 aliphatic rings. The third-order valence-corrected chi connectivity index (χ3v) is 7.70. The molecule has 2 aliphatic heterocycles. The monoisotopic (exact) mass is 395 g/mol. The van der Waals surface area contributed by atoms with E-state index < -0.39 is 12.1 Å². The van der Waals surface area contributed by atoms with E-state index in [9.17, 15) is 19.1 Å². The highest BCUT2D eigenvalue weighted by molar-refractivity contribution is 5.82. The minimum absolute atomic E-state index is 0.0138. The smallest absolute Gasteiger partial charge is 0.307 e. The third-order valence-electron chi connectivity index (χ3n) is 7.70. The van der Waals surface area contributed by atoms with Crippen LogP contribution in [0.3, 0.4) is 0 Å². The molecule has 7 heteroatoms. The number of rotatable bonds is 5. The maximum absolute atomic E-state index is 14.4. The molecule has 0 bridgehead atoms. The first-order valence-electron chi connectivity index (χ1n) is 11.0. The van der Waals surface area contributed by atoms with E-state index in [1.807, 2.05) is 0 Å². The van der Waals surface area contributed by atoms with Gasteiger partial charge < -0.3 is 21.1 Å². The number of hydrogen-bond acceptors (Lipinski definition) is 4. The molecular formula is C21H34FN3O3. The quantitative estimate of drug-likeness (QED) is 0.569. The van der Waals surface area contributed by atoms with E-state index in [1.54, 1.807) is 0 Å². The summed E-state index contributed by atoms with van der Waals surface area (Å²) < 4.78 is 14.4. The Bertz CT molecular complexity index is 596. The molecule has 2 saturated heterocycles. The summed E-state index contributed by atoms with van der Waals surface area (Å²) in [4.78, 5) is 24.4. The van der Waals surface area contributed by atoms with E-state index in [4.69, 9.17) is 0 Å². The van der Waals surface area contributed by atoms with Crippen molar-refractivity contribution in [2.45, 2.75) is 82.7 Å². The van der Waals surface area contributed by atoms with Crippen molar-refractivity contribution in [3.05, 3.63) is 0 Å². The zero-order chi connectivity index (χ0) is 20.0. The SMILES string of the molecule is CC1CCC(F)C2CC(C(=O)NC(C3CC3)C3NCC(C(=O)O)CC3C)NC12. The van der Waals surface area contributed by atoms with Gasteiger partial charge in [-0.3, -0.25) is 9.59 Å². The van der Waals surface area contributed by atoms with Crippen LogP contribution in [0.15, 0.2) is 0 Å². The van der Waals surface area contributed by atoms with Crippen LogP contribution in [0, 0.1) is 29.6 Å². The lowest BCUT2D eigenvalue weighted by Gasteiger charge is -2.39. The van der Waals surface area contributed by atoms with Crippen LogP contribution in [0.1, 0.15) is 52.4 Å². The standard InChI is InChI=1S/C21H34FN3O3/c1-10-3-6-15(22)14-8-16(24-17(10)14)20(26)25-19(12-4-5-12)18-11(2)7-13(9-23-18)21(27)28/h10-19,23-24H,3-9H2,1-2H3,(H,25,26)(H,27,28). The predicted octanol–water partition coefficient (Wildman–Crippen LogP) is 1.69. The number of alkyl halides is 1. The van der Waals surface area contributed by atoms with Gasteiger partial charge in [0.2, 0.25) is 5.91 Å². The van der Waals surface area contributed by atoms with Gasteiger partial charge in [0, 0.05) is 30.6 Å². The molecule has 0 spiro atoms. The summed E-state index contributed by atoms with van der Waals surface area (Å²) in [6.45, 7) is 4.68. The third kappa shape index (κ3) is 3.92. The highest BCUT2D eigenvalue weighted by Gasteiger charge is 2.48. The summed E-state index contributed by atoms with van der Waals surface area (Å²) in [5.74, 6) is -0.122. The Morgan fingerprint density at radius 3 is 2.46 bits per heavy atom. The molecule has 0 aromatic rings. The van der Waals surface area contributed by atoms with Crippen LogP contribution in [-0.4, -0.2) is 53.9 Å². The van der Waals surface area contributed by atoms with Gasteiger partial charge in [-0.25, -0.2) is 4.39 Å². The lowest BCUT2D eigenvalue weighted by molar-refractivity contribution is -0.143. The summed E-state index contributed by atoms with van der Waals surface area (Å²) in [5, 5.41) is 19.4. The number of fused-ring (bicyclic) bond motifs is 1.